The van der Waals surface area contributed by atoms with Crippen LogP contribution in [0.25, 0.3) is 0 Å². The Balaban J connectivity index is 2.10. The standard InChI is InChI=1S/C14H14N2O2/c1-18-10-11-5-4-6-12(9-11)16-14(17)13-7-2-3-8-15-13/h2-9H,10H2,1H3,(H,16,17). The van der Waals surface area contributed by atoms with E-state index in [9.17, 15) is 4.79 Å². The van der Waals surface area contributed by atoms with Gasteiger partial charge in [-0.15, -0.1) is 0 Å². The molecule has 1 N–H and O–H groups in total. The lowest BCUT2D eigenvalue weighted by Gasteiger charge is -2.06. The van der Waals surface area contributed by atoms with Gasteiger partial charge in [-0.1, -0.05) is 18.2 Å². The van der Waals surface area contributed by atoms with E-state index in [1.165, 1.54) is 0 Å². The molecule has 4 heteroatoms. The Bertz CT molecular complexity index is 526. The van der Waals surface area contributed by atoms with Crippen LogP contribution in [0.5, 0.6) is 0 Å². The fraction of sp³-hybridized carbons (Fsp3) is 0.143. The second-order valence-electron chi connectivity index (χ2n) is 3.80. The van der Waals surface area contributed by atoms with Crippen molar-refractivity contribution >= 4 is 11.6 Å². The van der Waals surface area contributed by atoms with Crippen LogP contribution in [0.4, 0.5) is 5.69 Å². The Morgan fingerprint density at radius 3 is 2.89 bits per heavy atom. The normalized spacial score (nSPS) is 10.1. The molecule has 0 spiro atoms. The molecule has 2 rings (SSSR count). The van der Waals surface area contributed by atoms with Gasteiger partial charge in [0, 0.05) is 19.0 Å². The molecular weight excluding hydrogens is 228 g/mol. The summed E-state index contributed by atoms with van der Waals surface area (Å²) < 4.78 is 5.05. The van der Waals surface area contributed by atoms with E-state index in [1.54, 1.807) is 31.5 Å². The van der Waals surface area contributed by atoms with E-state index in [1.807, 2.05) is 24.3 Å². The van der Waals surface area contributed by atoms with Gasteiger partial charge >= 0.3 is 0 Å². The van der Waals surface area contributed by atoms with E-state index >= 15 is 0 Å². The molecule has 0 aliphatic rings. The third-order valence-electron chi connectivity index (χ3n) is 2.39. The molecule has 0 saturated carbocycles. The number of ether oxygens (including phenoxy) is 1. The van der Waals surface area contributed by atoms with Crippen molar-refractivity contribution in [3.05, 3.63) is 59.9 Å². The number of carbonyl (C=O) groups excluding carboxylic acids is 1. The van der Waals surface area contributed by atoms with Crippen molar-refractivity contribution in [1.82, 2.24) is 4.98 Å². The lowest BCUT2D eigenvalue weighted by Crippen LogP contribution is -2.13. The zero-order valence-corrected chi connectivity index (χ0v) is 10.1. The molecule has 0 radical (unpaired) electrons. The number of carbonyl (C=O) groups is 1. The maximum Gasteiger partial charge on any atom is 0.274 e. The van der Waals surface area contributed by atoms with Crippen LogP contribution in [0.2, 0.25) is 0 Å². The van der Waals surface area contributed by atoms with Crippen molar-refractivity contribution in [3.8, 4) is 0 Å². The first-order valence-corrected chi connectivity index (χ1v) is 5.60. The summed E-state index contributed by atoms with van der Waals surface area (Å²) in [5.74, 6) is -0.217. The number of benzene rings is 1. The molecule has 1 amide bonds. The van der Waals surface area contributed by atoms with Crippen LogP contribution in [0.3, 0.4) is 0 Å². The van der Waals surface area contributed by atoms with Crippen LogP contribution >= 0.6 is 0 Å². The summed E-state index contributed by atoms with van der Waals surface area (Å²) in [6.07, 6.45) is 1.59. The Hall–Kier alpha value is -2.20. The van der Waals surface area contributed by atoms with Crippen LogP contribution in [-0.4, -0.2) is 18.0 Å². The highest BCUT2D eigenvalue weighted by Gasteiger charge is 2.06. The van der Waals surface area contributed by atoms with Gasteiger partial charge in [0.25, 0.3) is 5.91 Å². The fourth-order valence-electron chi connectivity index (χ4n) is 1.60. The second-order valence-corrected chi connectivity index (χ2v) is 3.80. The van der Waals surface area contributed by atoms with Crippen LogP contribution in [0, 0.1) is 0 Å². The highest BCUT2D eigenvalue weighted by atomic mass is 16.5. The van der Waals surface area contributed by atoms with Crippen molar-refractivity contribution in [2.75, 3.05) is 12.4 Å². The van der Waals surface area contributed by atoms with Crippen molar-refractivity contribution in [2.45, 2.75) is 6.61 Å². The summed E-state index contributed by atoms with van der Waals surface area (Å²) in [5.41, 5.74) is 2.14. The smallest absolute Gasteiger partial charge is 0.274 e. The molecule has 1 heterocycles. The molecular formula is C14H14N2O2. The summed E-state index contributed by atoms with van der Waals surface area (Å²) in [4.78, 5) is 15.9. The predicted octanol–water partition coefficient (Wildman–Crippen LogP) is 2.48. The zero-order chi connectivity index (χ0) is 12.8. The van der Waals surface area contributed by atoms with Crippen molar-refractivity contribution in [3.63, 3.8) is 0 Å². The maximum absolute atomic E-state index is 11.9. The number of hydrogen-bond acceptors (Lipinski definition) is 3. The minimum absolute atomic E-state index is 0.217. The zero-order valence-electron chi connectivity index (χ0n) is 10.1. The molecule has 0 atom stereocenters. The average Bonchev–Trinajstić information content (AvgIpc) is 2.40. The molecule has 1 aromatic carbocycles. The van der Waals surface area contributed by atoms with Crippen molar-refractivity contribution in [1.29, 1.82) is 0 Å². The monoisotopic (exact) mass is 242 g/mol. The summed E-state index contributed by atoms with van der Waals surface area (Å²) in [7, 11) is 1.64. The Morgan fingerprint density at radius 1 is 1.28 bits per heavy atom. The largest absolute Gasteiger partial charge is 0.380 e. The molecule has 0 aliphatic carbocycles. The van der Waals surface area contributed by atoms with Gasteiger partial charge in [-0.2, -0.15) is 0 Å². The van der Waals surface area contributed by atoms with Gasteiger partial charge in [-0.3, -0.25) is 9.78 Å². The average molecular weight is 242 g/mol. The minimum atomic E-state index is -0.217. The molecule has 18 heavy (non-hydrogen) atoms. The molecule has 0 saturated heterocycles. The van der Waals surface area contributed by atoms with Gasteiger partial charge in [0.05, 0.1) is 6.61 Å². The first kappa shape index (κ1) is 12.3. The molecule has 0 aliphatic heterocycles. The van der Waals surface area contributed by atoms with Crippen LogP contribution in [0.15, 0.2) is 48.7 Å². The van der Waals surface area contributed by atoms with Gasteiger partial charge in [0.2, 0.25) is 0 Å². The summed E-state index contributed by atoms with van der Waals surface area (Å²) >= 11 is 0. The Kier molecular flexibility index (Phi) is 4.04. The van der Waals surface area contributed by atoms with Crippen LogP contribution in [0.1, 0.15) is 16.1 Å². The first-order chi connectivity index (χ1) is 8.79. The molecule has 1 aromatic heterocycles. The number of nitrogens with zero attached hydrogens (tertiary/aromatic N) is 1. The Morgan fingerprint density at radius 2 is 2.17 bits per heavy atom. The van der Waals surface area contributed by atoms with Crippen LogP contribution in [-0.2, 0) is 11.3 Å². The quantitative estimate of drug-likeness (QED) is 0.896. The molecule has 0 bridgehead atoms. The van der Waals surface area contributed by atoms with Gasteiger partial charge in [0.15, 0.2) is 0 Å². The number of nitrogens with one attached hydrogen (secondary N) is 1. The van der Waals surface area contributed by atoms with Gasteiger partial charge < -0.3 is 10.1 Å². The molecule has 0 unspecified atom stereocenters. The third kappa shape index (κ3) is 3.15. The molecule has 92 valence electrons. The molecule has 0 fully saturated rings. The lowest BCUT2D eigenvalue weighted by molar-refractivity contribution is 0.102. The molecule has 4 nitrogen and oxygen atoms in total. The second kappa shape index (κ2) is 5.93. The van der Waals surface area contributed by atoms with Gasteiger partial charge in [-0.25, -0.2) is 0 Å². The number of pyridine rings is 1. The van der Waals surface area contributed by atoms with Crippen molar-refractivity contribution in [2.24, 2.45) is 0 Å². The summed E-state index contributed by atoms with van der Waals surface area (Å²) in [6, 6.07) is 12.8. The number of anilines is 1. The SMILES string of the molecule is COCc1cccc(NC(=O)c2ccccn2)c1. The van der Waals surface area contributed by atoms with E-state index in [0.29, 0.717) is 12.3 Å². The number of methoxy groups -OCH3 is 1. The predicted molar refractivity (Wildman–Crippen MR) is 69.3 cm³/mol. The number of aromatic nitrogens is 1. The summed E-state index contributed by atoms with van der Waals surface area (Å²) in [5, 5.41) is 2.80. The number of hydrogen-bond donors (Lipinski definition) is 1. The minimum Gasteiger partial charge on any atom is -0.380 e. The Labute approximate surface area is 106 Å². The number of rotatable bonds is 4. The van der Waals surface area contributed by atoms with Crippen LogP contribution < -0.4 is 5.32 Å². The maximum atomic E-state index is 11.9. The highest BCUT2D eigenvalue weighted by molar-refractivity contribution is 6.02. The third-order valence-corrected chi connectivity index (χ3v) is 2.39. The van der Waals surface area contributed by atoms with Gasteiger partial charge in [0.1, 0.15) is 5.69 Å². The van der Waals surface area contributed by atoms with E-state index in [2.05, 4.69) is 10.3 Å². The fourth-order valence-corrected chi connectivity index (χ4v) is 1.60. The van der Waals surface area contributed by atoms with Gasteiger partial charge in [-0.05, 0) is 29.8 Å². The topological polar surface area (TPSA) is 51.2 Å². The van der Waals surface area contributed by atoms with E-state index in [-0.39, 0.29) is 5.91 Å². The summed E-state index contributed by atoms with van der Waals surface area (Å²) in [6.45, 7) is 0.521. The highest BCUT2D eigenvalue weighted by Crippen LogP contribution is 2.12. The lowest BCUT2D eigenvalue weighted by atomic mass is 10.2. The van der Waals surface area contributed by atoms with Crippen molar-refractivity contribution < 1.29 is 9.53 Å². The number of amides is 1. The van der Waals surface area contributed by atoms with E-state index in [4.69, 9.17) is 4.74 Å². The molecule has 2 aromatic rings. The first-order valence-electron chi connectivity index (χ1n) is 5.60. The van der Waals surface area contributed by atoms with E-state index in [0.717, 1.165) is 11.3 Å². The van der Waals surface area contributed by atoms with E-state index < -0.39 is 0 Å².